The summed E-state index contributed by atoms with van der Waals surface area (Å²) in [6.07, 6.45) is -1.25. The lowest BCUT2D eigenvalue weighted by atomic mass is 10.2. The highest BCUT2D eigenvalue weighted by Gasteiger charge is 2.25. The number of carbonyl (C=O) groups is 2. The molecule has 0 spiro atoms. The number of aliphatic hydroxyl groups excluding tert-OH is 1. The molecular formula is C14H25N5O7. The van der Waals surface area contributed by atoms with Crippen LogP contribution in [-0.2, 0) is 20.8 Å². The number of aliphatic hydroxyl groups is 1. The van der Waals surface area contributed by atoms with Crippen LogP contribution in [0.4, 0.5) is 10.8 Å². The van der Waals surface area contributed by atoms with E-state index in [1.165, 1.54) is 6.92 Å². The van der Waals surface area contributed by atoms with Crippen molar-refractivity contribution in [2.75, 3.05) is 45.4 Å². The fraction of sp³-hybridized carbons (Fsp3) is 0.714. The third-order valence-electron chi connectivity index (χ3n) is 3.29. The van der Waals surface area contributed by atoms with Crippen molar-refractivity contribution in [3.63, 3.8) is 0 Å². The van der Waals surface area contributed by atoms with Gasteiger partial charge >= 0.3 is 18.0 Å². The summed E-state index contributed by atoms with van der Waals surface area (Å²) in [7, 11) is 3.15. The molecule has 0 aliphatic rings. The molecule has 148 valence electrons. The first kappa shape index (κ1) is 21.6. The summed E-state index contributed by atoms with van der Waals surface area (Å²) >= 11 is 0. The van der Waals surface area contributed by atoms with E-state index in [9.17, 15) is 14.7 Å². The van der Waals surface area contributed by atoms with Crippen molar-refractivity contribution in [3.05, 3.63) is 5.89 Å². The van der Waals surface area contributed by atoms with E-state index in [0.29, 0.717) is 26.3 Å². The second-order valence-electron chi connectivity index (χ2n) is 5.33. The Morgan fingerprint density at radius 1 is 1.23 bits per heavy atom. The number of carbonyl (C=O) groups excluding carboxylic acids is 1. The molecular weight excluding hydrogens is 350 g/mol. The minimum absolute atomic E-state index is 0.104. The third kappa shape index (κ3) is 7.21. The number of aliphatic carboxylic acids is 1. The lowest BCUT2D eigenvalue weighted by molar-refractivity contribution is -0.141. The number of rotatable bonds is 12. The fourth-order valence-corrected chi connectivity index (χ4v) is 1.89. The maximum atomic E-state index is 11.7. The molecule has 0 aliphatic heterocycles. The Bertz CT molecular complexity index is 558. The van der Waals surface area contributed by atoms with Gasteiger partial charge in [-0.3, -0.25) is 0 Å². The Balaban J connectivity index is 2.58. The number of carboxylic acids is 1. The number of nitrogens with zero attached hydrogens (tertiary/aromatic N) is 3. The molecule has 12 heteroatoms. The topological polar surface area (TPSA) is 159 Å². The number of urea groups is 1. The number of nitrogens with one attached hydrogen (secondary N) is 2. The van der Waals surface area contributed by atoms with Crippen LogP contribution >= 0.6 is 0 Å². The van der Waals surface area contributed by atoms with Crippen molar-refractivity contribution < 1.29 is 33.7 Å². The van der Waals surface area contributed by atoms with E-state index in [-0.39, 0.29) is 18.5 Å². The summed E-state index contributed by atoms with van der Waals surface area (Å²) in [4.78, 5) is 24.4. The predicted octanol–water partition coefficient (Wildman–Crippen LogP) is -1.20. The lowest BCUT2D eigenvalue weighted by Crippen LogP contribution is -2.51. The number of hydrogen-bond acceptors (Lipinski definition) is 9. The molecule has 0 radical (unpaired) electrons. The zero-order chi connectivity index (χ0) is 19.5. The van der Waals surface area contributed by atoms with Gasteiger partial charge in [0, 0.05) is 27.3 Å². The maximum absolute atomic E-state index is 11.7. The molecule has 4 N–H and O–H groups in total. The molecule has 0 aliphatic carbocycles. The van der Waals surface area contributed by atoms with Gasteiger partial charge < -0.3 is 39.6 Å². The average molecular weight is 375 g/mol. The highest BCUT2D eigenvalue weighted by atomic mass is 16.5. The standard InChI is InChI=1S/C14H25N5O7/c1-9(20)11(12(21)22)16-13(23)15-8-10-17-18-14(26-10)19(4-6-24-2)5-7-25-3/h9,11,20H,4-8H2,1-3H3,(H,21,22)(H2,15,16,23)/t9?,11-/m0/s1. The van der Waals surface area contributed by atoms with E-state index in [4.69, 9.17) is 19.0 Å². The van der Waals surface area contributed by atoms with Gasteiger partial charge in [-0.1, -0.05) is 5.10 Å². The molecule has 1 unspecified atom stereocenters. The monoisotopic (exact) mass is 375 g/mol. The van der Waals surface area contributed by atoms with E-state index in [1.807, 2.05) is 0 Å². The number of ether oxygens (including phenoxy) is 2. The third-order valence-corrected chi connectivity index (χ3v) is 3.29. The second-order valence-corrected chi connectivity index (χ2v) is 5.33. The smallest absolute Gasteiger partial charge is 0.328 e. The highest BCUT2D eigenvalue weighted by Crippen LogP contribution is 2.11. The van der Waals surface area contributed by atoms with Crippen LogP contribution in [-0.4, -0.2) is 85.1 Å². The highest BCUT2D eigenvalue weighted by molar-refractivity contribution is 5.82. The molecule has 1 aromatic rings. The summed E-state index contributed by atoms with van der Waals surface area (Å²) in [6.45, 7) is 3.11. The minimum atomic E-state index is -1.42. The van der Waals surface area contributed by atoms with Crippen LogP contribution in [0.3, 0.4) is 0 Å². The Kier molecular flexibility index (Phi) is 9.33. The van der Waals surface area contributed by atoms with Crippen molar-refractivity contribution in [2.24, 2.45) is 0 Å². The molecule has 2 amide bonds. The molecule has 0 saturated heterocycles. The molecule has 1 rings (SSSR count). The van der Waals surface area contributed by atoms with Crippen LogP contribution in [0.2, 0.25) is 0 Å². The van der Waals surface area contributed by atoms with Crippen LogP contribution in [0.25, 0.3) is 0 Å². The van der Waals surface area contributed by atoms with Crippen molar-refractivity contribution in [2.45, 2.75) is 25.6 Å². The zero-order valence-corrected chi connectivity index (χ0v) is 15.0. The first-order chi connectivity index (χ1) is 12.4. The van der Waals surface area contributed by atoms with E-state index in [1.54, 1.807) is 19.1 Å². The molecule has 1 aromatic heterocycles. The maximum Gasteiger partial charge on any atom is 0.328 e. The van der Waals surface area contributed by atoms with Gasteiger partial charge in [-0.15, -0.1) is 5.10 Å². The van der Waals surface area contributed by atoms with Gasteiger partial charge in [0.1, 0.15) is 0 Å². The Morgan fingerprint density at radius 2 is 1.85 bits per heavy atom. The Labute approximate surface area is 150 Å². The van der Waals surface area contributed by atoms with Crippen molar-refractivity contribution in [1.82, 2.24) is 20.8 Å². The second kappa shape index (κ2) is 11.2. The minimum Gasteiger partial charge on any atom is -0.480 e. The molecule has 0 aromatic carbocycles. The predicted molar refractivity (Wildman–Crippen MR) is 88.7 cm³/mol. The van der Waals surface area contributed by atoms with Gasteiger partial charge in [-0.2, -0.15) is 0 Å². The van der Waals surface area contributed by atoms with Gasteiger partial charge in [0.05, 0.1) is 25.9 Å². The van der Waals surface area contributed by atoms with Crippen LogP contribution in [0, 0.1) is 0 Å². The number of amides is 2. The largest absolute Gasteiger partial charge is 0.480 e. The number of aromatic nitrogens is 2. The average Bonchev–Trinajstić information content (AvgIpc) is 3.06. The first-order valence-corrected chi connectivity index (χ1v) is 7.89. The molecule has 1 heterocycles. The quantitative estimate of drug-likeness (QED) is 0.349. The first-order valence-electron chi connectivity index (χ1n) is 7.89. The summed E-state index contributed by atoms with van der Waals surface area (Å²) in [5.74, 6) is -1.21. The summed E-state index contributed by atoms with van der Waals surface area (Å²) in [5, 5.41) is 30.5. The number of carboxylic acid groups (broad SMARTS) is 1. The number of methoxy groups -OCH3 is 2. The van der Waals surface area contributed by atoms with Gasteiger partial charge in [0.15, 0.2) is 6.04 Å². The normalized spacial score (nSPS) is 13.1. The number of anilines is 1. The molecule has 0 saturated carbocycles. The zero-order valence-electron chi connectivity index (χ0n) is 15.0. The van der Waals surface area contributed by atoms with Crippen molar-refractivity contribution in [3.8, 4) is 0 Å². The van der Waals surface area contributed by atoms with Gasteiger partial charge in [0.25, 0.3) is 0 Å². The Hall–Kier alpha value is -2.44. The summed E-state index contributed by atoms with van der Waals surface area (Å²) in [6, 6.07) is -1.95. The fourth-order valence-electron chi connectivity index (χ4n) is 1.89. The Morgan fingerprint density at radius 3 is 2.35 bits per heavy atom. The molecule has 12 nitrogen and oxygen atoms in total. The molecule has 2 atom stereocenters. The molecule has 0 fully saturated rings. The van der Waals surface area contributed by atoms with E-state index >= 15 is 0 Å². The molecule has 26 heavy (non-hydrogen) atoms. The molecule has 0 bridgehead atoms. The van der Waals surface area contributed by atoms with Gasteiger partial charge in [-0.05, 0) is 6.92 Å². The summed E-state index contributed by atoms with van der Waals surface area (Å²) in [5.41, 5.74) is 0. The SMILES string of the molecule is COCCN(CCOC)c1nnc(CNC(=O)N[C@H](C(=O)O)C(C)O)o1. The lowest BCUT2D eigenvalue weighted by Gasteiger charge is -2.19. The van der Waals surface area contributed by atoms with Gasteiger partial charge in [-0.25, -0.2) is 9.59 Å². The van der Waals surface area contributed by atoms with Gasteiger partial charge in [0.2, 0.25) is 5.89 Å². The van der Waals surface area contributed by atoms with Crippen LogP contribution in [0.5, 0.6) is 0 Å². The van der Waals surface area contributed by atoms with Crippen molar-refractivity contribution in [1.29, 1.82) is 0 Å². The van der Waals surface area contributed by atoms with Crippen LogP contribution < -0.4 is 15.5 Å². The van der Waals surface area contributed by atoms with Crippen molar-refractivity contribution >= 4 is 18.0 Å². The van der Waals surface area contributed by atoms with E-state index in [0.717, 1.165) is 0 Å². The van der Waals surface area contributed by atoms with Crippen LogP contribution in [0.15, 0.2) is 4.42 Å². The van der Waals surface area contributed by atoms with E-state index < -0.39 is 24.1 Å². The summed E-state index contributed by atoms with van der Waals surface area (Å²) < 4.78 is 15.5. The number of hydrogen-bond donors (Lipinski definition) is 4. The van der Waals surface area contributed by atoms with Crippen LogP contribution in [0.1, 0.15) is 12.8 Å². The van der Waals surface area contributed by atoms with E-state index in [2.05, 4.69) is 20.8 Å².